The molecule has 1 aromatic heterocycles. The van der Waals surface area contributed by atoms with Crippen molar-refractivity contribution in [3.05, 3.63) is 40.5 Å². The summed E-state index contributed by atoms with van der Waals surface area (Å²) in [6.07, 6.45) is 2.20. The summed E-state index contributed by atoms with van der Waals surface area (Å²) in [5.41, 5.74) is 1.58. The number of benzene rings is 1. The molecule has 1 aromatic carbocycles. The fourth-order valence-electron chi connectivity index (χ4n) is 1.80. The van der Waals surface area contributed by atoms with Crippen LogP contribution in [0.3, 0.4) is 0 Å². The van der Waals surface area contributed by atoms with Crippen molar-refractivity contribution in [1.82, 2.24) is 4.98 Å². The fraction of sp³-hybridized carbons (Fsp3) is 0.308. The molecule has 4 nitrogen and oxygen atoms in total. The number of rotatable bonds is 5. The van der Waals surface area contributed by atoms with E-state index in [1.807, 2.05) is 18.2 Å². The van der Waals surface area contributed by atoms with Crippen molar-refractivity contribution < 1.29 is 8.42 Å². The van der Waals surface area contributed by atoms with Crippen molar-refractivity contribution >= 4 is 38.6 Å². The maximum Gasteiger partial charge on any atom is 0.273 e. The standard InChI is InChI=1S/C13H15ClN2O2S2/c1-3-9(2)10-6-4-5-7-11(10)16-20(17,18)12-8-15-13(14)19-12/h4-9,16H,3H2,1-2H3. The zero-order chi connectivity index (χ0) is 14.8. The Morgan fingerprint density at radius 1 is 1.40 bits per heavy atom. The summed E-state index contributed by atoms with van der Waals surface area (Å²) in [6.45, 7) is 4.13. The van der Waals surface area contributed by atoms with Crippen LogP contribution in [0.25, 0.3) is 0 Å². The number of hydrogen-bond donors (Lipinski definition) is 1. The molecule has 20 heavy (non-hydrogen) atoms. The highest BCUT2D eigenvalue weighted by Crippen LogP contribution is 2.30. The highest BCUT2D eigenvalue weighted by Gasteiger charge is 2.20. The van der Waals surface area contributed by atoms with Gasteiger partial charge in [-0.3, -0.25) is 4.72 Å². The van der Waals surface area contributed by atoms with Gasteiger partial charge in [0.2, 0.25) is 0 Å². The molecule has 0 fully saturated rings. The third-order valence-electron chi connectivity index (χ3n) is 3.07. The minimum absolute atomic E-state index is 0.112. The Labute approximate surface area is 127 Å². The summed E-state index contributed by atoms with van der Waals surface area (Å²) < 4.78 is 27.5. The number of nitrogens with zero attached hydrogens (tertiary/aromatic N) is 1. The van der Waals surface area contributed by atoms with Gasteiger partial charge in [-0.25, -0.2) is 13.4 Å². The minimum atomic E-state index is -3.64. The zero-order valence-corrected chi connectivity index (χ0v) is 13.5. The van der Waals surface area contributed by atoms with Gasteiger partial charge < -0.3 is 0 Å². The summed E-state index contributed by atoms with van der Waals surface area (Å²) in [4.78, 5) is 3.76. The van der Waals surface area contributed by atoms with E-state index in [9.17, 15) is 8.42 Å². The lowest BCUT2D eigenvalue weighted by molar-refractivity contribution is 0.602. The first-order chi connectivity index (χ1) is 9.44. The van der Waals surface area contributed by atoms with Gasteiger partial charge in [0.25, 0.3) is 10.0 Å². The van der Waals surface area contributed by atoms with Crippen LogP contribution in [0.5, 0.6) is 0 Å². The van der Waals surface area contributed by atoms with Gasteiger partial charge in [0, 0.05) is 0 Å². The number of aromatic nitrogens is 1. The molecule has 1 N–H and O–H groups in total. The maximum absolute atomic E-state index is 12.3. The number of halogens is 1. The van der Waals surface area contributed by atoms with E-state index in [0.717, 1.165) is 23.3 Å². The fourth-order valence-corrected chi connectivity index (χ4v) is 4.18. The Balaban J connectivity index is 2.35. The molecule has 0 aliphatic carbocycles. The molecule has 0 saturated heterocycles. The smallest absolute Gasteiger partial charge is 0.273 e. The third kappa shape index (κ3) is 3.31. The van der Waals surface area contributed by atoms with Crippen LogP contribution in [-0.2, 0) is 10.0 Å². The van der Waals surface area contributed by atoms with E-state index in [1.165, 1.54) is 6.20 Å². The van der Waals surface area contributed by atoms with Crippen molar-refractivity contribution in [1.29, 1.82) is 0 Å². The molecule has 0 amide bonds. The summed E-state index contributed by atoms with van der Waals surface area (Å²) >= 11 is 6.63. The second kappa shape index (κ2) is 6.11. The average Bonchev–Trinajstić information content (AvgIpc) is 2.86. The average molecular weight is 331 g/mol. The quantitative estimate of drug-likeness (QED) is 0.897. The van der Waals surface area contributed by atoms with Crippen molar-refractivity contribution in [3.8, 4) is 0 Å². The molecule has 0 aliphatic heterocycles. The van der Waals surface area contributed by atoms with Gasteiger partial charge in [-0.2, -0.15) is 0 Å². The van der Waals surface area contributed by atoms with E-state index in [4.69, 9.17) is 11.6 Å². The monoisotopic (exact) mass is 330 g/mol. The molecule has 0 radical (unpaired) electrons. The molecule has 2 aromatic rings. The molecule has 0 bridgehead atoms. The Bertz CT molecular complexity index is 698. The van der Waals surface area contributed by atoms with Crippen LogP contribution in [0.2, 0.25) is 4.47 Å². The van der Waals surface area contributed by atoms with Gasteiger partial charge >= 0.3 is 0 Å². The van der Waals surface area contributed by atoms with Gasteiger partial charge in [0.1, 0.15) is 0 Å². The Hall–Kier alpha value is -1.11. The van der Waals surface area contributed by atoms with E-state index in [-0.39, 0.29) is 14.6 Å². The normalized spacial score (nSPS) is 13.2. The van der Waals surface area contributed by atoms with E-state index >= 15 is 0 Å². The first kappa shape index (κ1) is 15.3. The molecule has 2 rings (SSSR count). The Morgan fingerprint density at radius 3 is 2.70 bits per heavy atom. The summed E-state index contributed by atoms with van der Waals surface area (Å²) in [7, 11) is -3.64. The highest BCUT2D eigenvalue weighted by molar-refractivity contribution is 7.94. The summed E-state index contributed by atoms with van der Waals surface area (Å²) in [5.74, 6) is 0.277. The number of para-hydroxylation sites is 1. The van der Waals surface area contributed by atoms with E-state index < -0.39 is 10.0 Å². The predicted octanol–water partition coefficient (Wildman–Crippen LogP) is 4.11. The lowest BCUT2D eigenvalue weighted by atomic mass is 9.97. The molecule has 0 saturated carbocycles. The van der Waals surface area contributed by atoms with E-state index in [2.05, 4.69) is 23.6 Å². The molecule has 1 heterocycles. The topological polar surface area (TPSA) is 59.1 Å². The van der Waals surface area contributed by atoms with Gasteiger partial charge in [-0.1, -0.05) is 55.0 Å². The van der Waals surface area contributed by atoms with E-state index in [1.54, 1.807) is 6.07 Å². The first-order valence-corrected chi connectivity index (χ1v) is 8.85. The minimum Gasteiger partial charge on any atom is -0.279 e. The van der Waals surface area contributed by atoms with Crippen LogP contribution in [0, 0.1) is 0 Å². The van der Waals surface area contributed by atoms with Crippen molar-refractivity contribution in [3.63, 3.8) is 0 Å². The van der Waals surface area contributed by atoms with Crippen molar-refractivity contribution in [2.24, 2.45) is 0 Å². The van der Waals surface area contributed by atoms with Crippen LogP contribution < -0.4 is 4.72 Å². The summed E-state index contributed by atoms with van der Waals surface area (Å²) in [6, 6.07) is 7.42. The first-order valence-electron chi connectivity index (χ1n) is 6.17. The summed E-state index contributed by atoms with van der Waals surface area (Å²) in [5, 5.41) is 0. The van der Waals surface area contributed by atoms with Gasteiger partial charge in [0.05, 0.1) is 11.9 Å². The Morgan fingerprint density at radius 2 is 2.10 bits per heavy atom. The lowest BCUT2D eigenvalue weighted by Crippen LogP contribution is -2.13. The SMILES string of the molecule is CCC(C)c1ccccc1NS(=O)(=O)c1cnc(Cl)s1. The largest absolute Gasteiger partial charge is 0.279 e. The van der Waals surface area contributed by atoms with Gasteiger partial charge in [-0.05, 0) is 24.0 Å². The molecule has 7 heteroatoms. The molecule has 0 aliphatic rings. The van der Waals surface area contributed by atoms with Crippen LogP contribution in [0.15, 0.2) is 34.7 Å². The van der Waals surface area contributed by atoms with Crippen LogP contribution in [-0.4, -0.2) is 13.4 Å². The molecule has 0 spiro atoms. The lowest BCUT2D eigenvalue weighted by Gasteiger charge is -2.15. The van der Waals surface area contributed by atoms with Crippen LogP contribution in [0.4, 0.5) is 5.69 Å². The second-order valence-corrected chi connectivity index (χ2v) is 7.96. The van der Waals surface area contributed by atoms with Gasteiger partial charge in [0.15, 0.2) is 8.68 Å². The molecule has 1 unspecified atom stereocenters. The molecular formula is C13H15ClN2O2S2. The number of nitrogens with one attached hydrogen (secondary N) is 1. The van der Waals surface area contributed by atoms with Crippen LogP contribution in [0.1, 0.15) is 31.7 Å². The third-order valence-corrected chi connectivity index (χ3v) is 6.01. The van der Waals surface area contributed by atoms with Gasteiger partial charge in [-0.15, -0.1) is 0 Å². The molecule has 1 atom stereocenters. The molecular weight excluding hydrogens is 316 g/mol. The zero-order valence-electron chi connectivity index (χ0n) is 11.1. The van der Waals surface area contributed by atoms with Crippen molar-refractivity contribution in [2.45, 2.75) is 30.4 Å². The Kier molecular flexibility index (Phi) is 4.67. The number of anilines is 1. The van der Waals surface area contributed by atoms with Crippen LogP contribution >= 0.6 is 22.9 Å². The number of thiazole rings is 1. The number of hydrogen-bond acceptors (Lipinski definition) is 4. The maximum atomic E-state index is 12.3. The molecule has 108 valence electrons. The second-order valence-electron chi connectivity index (χ2n) is 4.43. The predicted molar refractivity (Wildman–Crippen MR) is 83.1 cm³/mol. The van der Waals surface area contributed by atoms with Crippen molar-refractivity contribution in [2.75, 3.05) is 4.72 Å². The number of sulfonamides is 1. The highest BCUT2D eigenvalue weighted by atomic mass is 35.5. The van der Waals surface area contributed by atoms with E-state index in [0.29, 0.717) is 5.69 Å².